The molecule has 0 aliphatic carbocycles. The van der Waals surface area contributed by atoms with Crippen molar-refractivity contribution in [1.82, 2.24) is 15.2 Å². The van der Waals surface area contributed by atoms with Crippen LogP contribution in [0, 0.1) is 0 Å². The van der Waals surface area contributed by atoms with Crippen LogP contribution in [0.1, 0.15) is 24.8 Å². The predicted octanol–water partition coefficient (Wildman–Crippen LogP) is 1.72. The zero-order valence-electron chi connectivity index (χ0n) is 9.28. The van der Waals surface area contributed by atoms with Crippen LogP contribution in [0.25, 0.3) is 0 Å². The molecular formula is C11H19N3S. The molecule has 0 radical (unpaired) electrons. The van der Waals surface area contributed by atoms with Gasteiger partial charge in [-0.1, -0.05) is 6.92 Å². The first-order chi connectivity index (χ1) is 7.40. The molecule has 1 unspecified atom stereocenters. The van der Waals surface area contributed by atoms with Crippen molar-refractivity contribution in [2.24, 2.45) is 0 Å². The van der Waals surface area contributed by atoms with E-state index in [4.69, 9.17) is 0 Å². The van der Waals surface area contributed by atoms with Crippen molar-refractivity contribution < 1.29 is 0 Å². The largest absolute Gasteiger partial charge is 0.315 e. The predicted molar refractivity (Wildman–Crippen MR) is 64.1 cm³/mol. The van der Waals surface area contributed by atoms with Crippen LogP contribution in [0.3, 0.4) is 0 Å². The summed E-state index contributed by atoms with van der Waals surface area (Å²) in [4.78, 5) is 6.93. The molecule has 1 aliphatic rings. The average Bonchev–Trinajstić information content (AvgIpc) is 2.89. The highest BCUT2D eigenvalue weighted by Gasteiger charge is 2.22. The smallest absolute Gasteiger partial charge is 0.107 e. The van der Waals surface area contributed by atoms with E-state index in [1.54, 1.807) is 11.3 Å². The van der Waals surface area contributed by atoms with E-state index in [0.29, 0.717) is 6.04 Å². The van der Waals surface area contributed by atoms with Gasteiger partial charge in [0.2, 0.25) is 0 Å². The Morgan fingerprint density at radius 2 is 2.60 bits per heavy atom. The number of hydrogen-bond acceptors (Lipinski definition) is 4. The molecule has 1 N–H and O–H groups in total. The van der Waals surface area contributed by atoms with E-state index in [9.17, 15) is 0 Å². The SMILES string of the molecule is CCCN(Cc1nccs1)C1CCNC1. The van der Waals surface area contributed by atoms with Crippen LogP contribution in [-0.2, 0) is 6.54 Å². The third-order valence-electron chi connectivity index (χ3n) is 2.88. The van der Waals surface area contributed by atoms with Gasteiger partial charge in [0.15, 0.2) is 0 Å². The summed E-state index contributed by atoms with van der Waals surface area (Å²) in [6.07, 6.45) is 4.41. The molecule has 3 nitrogen and oxygen atoms in total. The number of hydrogen-bond donors (Lipinski definition) is 1. The standard InChI is InChI=1S/C11H19N3S/c1-2-6-14(10-3-4-12-8-10)9-11-13-5-7-15-11/h5,7,10,12H,2-4,6,8-9H2,1H3. The van der Waals surface area contributed by atoms with E-state index in [2.05, 4.69) is 27.5 Å². The summed E-state index contributed by atoms with van der Waals surface area (Å²) < 4.78 is 0. The fourth-order valence-electron chi connectivity index (χ4n) is 2.13. The fraction of sp³-hybridized carbons (Fsp3) is 0.727. The first-order valence-electron chi connectivity index (χ1n) is 5.73. The van der Waals surface area contributed by atoms with Crippen LogP contribution < -0.4 is 5.32 Å². The minimum atomic E-state index is 0.717. The molecule has 84 valence electrons. The minimum Gasteiger partial charge on any atom is -0.315 e. The zero-order chi connectivity index (χ0) is 10.5. The Bertz CT molecular complexity index is 267. The highest BCUT2D eigenvalue weighted by molar-refractivity contribution is 7.09. The molecule has 1 aliphatic heterocycles. The van der Waals surface area contributed by atoms with E-state index >= 15 is 0 Å². The second-order valence-electron chi connectivity index (χ2n) is 4.04. The third kappa shape index (κ3) is 3.00. The average molecular weight is 225 g/mol. The summed E-state index contributed by atoms with van der Waals surface area (Å²) in [5, 5.41) is 6.74. The van der Waals surface area contributed by atoms with Gasteiger partial charge in [0.1, 0.15) is 5.01 Å². The molecule has 0 saturated carbocycles. The van der Waals surface area contributed by atoms with Crippen LogP contribution in [0.15, 0.2) is 11.6 Å². The molecule has 0 amide bonds. The van der Waals surface area contributed by atoms with Gasteiger partial charge in [-0.05, 0) is 25.9 Å². The van der Waals surface area contributed by atoms with E-state index in [1.807, 2.05) is 6.20 Å². The zero-order valence-corrected chi connectivity index (χ0v) is 10.1. The van der Waals surface area contributed by atoms with Gasteiger partial charge in [-0.2, -0.15) is 0 Å². The molecule has 2 heterocycles. The van der Waals surface area contributed by atoms with Gasteiger partial charge in [-0.15, -0.1) is 11.3 Å². The number of rotatable bonds is 5. The van der Waals surface area contributed by atoms with E-state index in [1.165, 1.54) is 30.9 Å². The second-order valence-corrected chi connectivity index (χ2v) is 5.02. The van der Waals surface area contributed by atoms with E-state index < -0.39 is 0 Å². The van der Waals surface area contributed by atoms with Crippen LogP contribution in [0.5, 0.6) is 0 Å². The molecule has 0 bridgehead atoms. The van der Waals surface area contributed by atoms with Gasteiger partial charge >= 0.3 is 0 Å². The number of aromatic nitrogens is 1. The van der Waals surface area contributed by atoms with Crippen molar-refractivity contribution in [3.05, 3.63) is 16.6 Å². The van der Waals surface area contributed by atoms with Gasteiger partial charge in [-0.25, -0.2) is 4.98 Å². The molecule has 1 fully saturated rings. The Balaban J connectivity index is 1.93. The second kappa shape index (κ2) is 5.58. The minimum absolute atomic E-state index is 0.717. The molecule has 1 aromatic rings. The lowest BCUT2D eigenvalue weighted by Crippen LogP contribution is -2.36. The van der Waals surface area contributed by atoms with Crippen LogP contribution >= 0.6 is 11.3 Å². The topological polar surface area (TPSA) is 28.2 Å². The molecular weight excluding hydrogens is 206 g/mol. The molecule has 4 heteroatoms. The lowest BCUT2D eigenvalue weighted by molar-refractivity contribution is 0.199. The number of nitrogens with one attached hydrogen (secondary N) is 1. The summed E-state index contributed by atoms with van der Waals surface area (Å²) in [7, 11) is 0. The maximum Gasteiger partial charge on any atom is 0.107 e. The molecule has 1 aromatic heterocycles. The van der Waals surface area contributed by atoms with Crippen LogP contribution in [0.4, 0.5) is 0 Å². The third-order valence-corrected chi connectivity index (χ3v) is 3.65. The molecule has 15 heavy (non-hydrogen) atoms. The summed E-state index contributed by atoms with van der Waals surface area (Å²) in [6, 6.07) is 0.717. The first-order valence-corrected chi connectivity index (χ1v) is 6.61. The van der Waals surface area contributed by atoms with Crippen LogP contribution in [-0.4, -0.2) is 35.6 Å². The van der Waals surface area contributed by atoms with Gasteiger partial charge in [0.25, 0.3) is 0 Å². The molecule has 1 atom stereocenters. The maximum absolute atomic E-state index is 4.37. The molecule has 0 spiro atoms. The van der Waals surface area contributed by atoms with Crippen molar-refractivity contribution in [1.29, 1.82) is 0 Å². The Labute approximate surface area is 95.5 Å². The van der Waals surface area contributed by atoms with E-state index in [-0.39, 0.29) is 0 Å². The van der Waals surface area contributed by atoms with Crippen molar-refractivity contribution in [2.75, 3.05) is 19.6 Å². The Hall–Kier alpha value is -0.450. The van der Waals surface area contributed by atoms with Crippen LogP contribution in [0.2, 0.25) is 0 Å². The first kappa shape index (κ1) is 11.0. The van der Waals surface area contributed by atoms with Crippen molar-refractivity contribution in [3.63, 3.8) is 0 Å². The lowest BCUT2D eigenvalue weighted by Gasteiger charge is -2.26. The highest BCUT2D eigenvalue weighted by atomic mass is 32.1. The van der Waals surface area contributed by atoms with Gasteiger partial charge in [0, 0.05) is 24.2 Å². The molecule has 2 rings (SSSR count). The van der Waals surface area contributed by atoms with Gasteiger partial charge in [-0.3, -0.25) is 4.90 Å². The summed E-state index contributed by atoms with van der Waals surface area (Å²) in [5.74, 6) is 0. The monoisotopic (exact) mass is 225 g/mol. The maximum atomic E-state index is 4.37. The molecule has 0 aromatic carbocycles. The van der Waals surface area contributed by atoms with Crippen molar-refractivity contribution >= 4 is 11.3 Å². The quantitative estimate of drug-likeness (QED) is 0.827. The number of nitrogens with zero attached hydrogens (tertiary/aromatic N) is 2. The van der Waals surface area contributed by atoms with Crippen molar-refractivity contribution in [2.45, 2.75) is 32.4 Å². The fourth-order valence-corrected chi connectivity index (χ4v) is 2.77. The Morgan fingerprint density at radius 1 is 1.67 bits per heavy atom. The molecule has 1 saturated heterocycles. The summed E-state index contributed by atoms with van der Waals surface area (Å²) >= 11 is 1.76. The van der Waals surface area contributed by atoms with Crippen molar-refractivity contribution in [3.8, 4) is 0 Å². The lowest BCUT2D eigenvalue weighted by atomic mass is 10.2. The Kier molecular flexibility index (Phi) is 4.11. The normalized spacial score (nSPS) is 21.3. The highest BCUT2D eigenvalue weighted by Crippen LogP contribution is 2.15. The van der Waals surface area contributed by atoms with E-state index in [0.717, 1.165) is 13.1 Å². The summed E-state index contributed by atoms with van der Waals surface area (Å²) in [6.45, 7) is 6.77. The van der Waals surface area contributed by atoms with Gasteiger partial charge < -0.3 is 5.32 Å². The Morgan fingerprint density at radius 3 is 3.20 bits per heavy atom. The summed E-state index contributed by atoms with van der Waals surface area (Å²) in [5.41, 5.74) is 0. The number of thiazole rings is 1. The van der Waals surface area contributed by atoms with Gasteiger partial charge in [0.05, 0.1) is 6.54 Å².